The SMILES string of the molecule is C=O.CC(C)(CO)[N+](=O)[O-].NC(N)=O. The Bertz CT molecular complexity index is 178. The molecule has 0 aliphatic heterocycles. The van der Waals surface area contributed by atoms with Crippen LogP contribution in [0.1, 0.15) is 13.8 Å². The molecule has 0 saturated heterocycles. The fourth-order valence-corrected chi connectivity index (χ4v) is 0.0577. The molecule has 8 nitrogen and oxygen atoms in total. The first kappa shape index (κ1) is 18.2. The number of nitrogens with zero attached hydrogens (tertiary/aromatic N) is 1. The van der Waals surface area contributed by atoms with E-state index in [9.17, 15) is 10.1 Å². The van der Waals surface area contributed by atoms with Crippen molar-refractivity contribution in [2.75, 3.05) is 6.61 Å². The number of nitrogens with two attached hydrogens (primary N) is 2. The van der Waals surface area contributed by atoms with E-state index in [1.807, 2.05) is 6.79 Å². The molecular formula is C6H15N3O5. The summed E-state index contributed by atoms with van der Waals surface area (Å²) in [4.78, 5) is 26.4. The van der Waals surface area contributed by atoms with E-state index in [1.54, 1.807) is 0 Å². The van der Waals surface area contributed by atoms with Crippen LogP contribution in [0.2, 0.25) is 0 Å². The predicted octanol–water partition coefficient (Wildman–Crippen LogP) is -1.13. The fourth-order valence-electron chi connectivity index (χ4n) is 0.0577. The Kier molecular flexibility index (Phi) is 12.2. The zero-order chi connectivity index (χ0) is 12.4. The largest absolute Gasteiger partial charge is 0.389 e. The molecule has 8 heteroatoms. The maximum atomic E-state index is 9.90. The summed E-state index contributed by atoms with van der Waals surface area (Å²) in [6.45, 7) is 4.32. The minimum atomic E-state index is -1.18. The van der Waals surface area contributed by atoms with Gasteiger partial charge in [0.15, 0.2) is 0 Å². The van der Waals surface area contributed by atoms with Gasteiger partial charge in [0, 0.05) is 18.8 Å². The molecule has 5 N–H and O–H groups in total. The van der Waals surface area contributed by atoms with E-state index in [2.05, 4.69) is 11.5 Å². The molecule has 0 aromatic carbocycles. The molecule has 0 heterocycles. The van der Waals surface area contributed by atoms with Crippen LogP contribution in [0.5, 0.6) is 0 Å². The zero-order valence-corrected chi connectivity index (χ0v) is 8.10. The molecule has 0 unspecified atom stereocenters. The molecule has 0 rings (SSSR count). The number of aliphatic hydroxyl groups excluding tert-OH is 1. The lowest BCUT2D eigenvalue weighted by Gasteiger charge is -2.09. The highest BCUT2D eigenvalue weighted by Gasteiger charge is 2.28. The second-order valence-corrected chi connectivity index (χ2v) is 2.63. The number of aliphatic hydroxyl groups is 1. The van der Waals surface area contributed by atoms with Crippen molar-refractivity contribution in [3.05, 3.63) is 10.1 Å². The van der Waals surface area contributed by atoms with Crippen molar-refractivity contribution in [2.45, 2.75) is 19.4 Å². The number of primary amides is 2. The molecule has 0 atom stereocenters. The number of amides is 2. The first-order valence-corrected chi connectivity index (χ1v) is 3.33. The minimum absolute atomic E-state index is 0.417. The molecule has 0 aliphatic rings. The molecule has 0 aromatic heterocycles. The van der Waals surface area contributed by atoms with E-state index in [4.69, 9.17) is 14.7 Å². The second kappa shape index (κ2) is 9.39. The van der Waals surface area contributed by atoms with E-state index in [-0.39, 0.29) is 0 Å². The molecule has 2 amide bonds. The van der Waals surface area contributed by atoms with Gasteiger partial charge in [0.1, 0.15) is 13.4 Å². The fraction of sp³-hybridized carbons (Fsp3) is 0.667. The normalized spacial score (nSPS) is 8.50. The lowest BCUT2D eigenvalue weighted by atomic mass is 10.1. The van der Waals surface area contributed by atoms with Crippen LogP contribution in [0.4, 0.5) is 4.79 Å². The van der Waals surface area contributed by atoms with Crippen LogP contribution < -0.4 is 11.5 Å². The van der Waals surface area contributed by atoms with Crippen LogP contribution >= 0.6 is 0 Å². The number of rotatable bonds is 2. The van der Waals surface area contributed by atoms with Gasteiger partial charge in [-0.25, -0.2) is 4.79 Å². The summed E-state index contributed by atoms with van der Waals surface area (Å²) in [5, 5.41) is 18.2. The molecule has 0 fully saturated rings. The second-order valence-electron chi connectivity index (χ2n) is 2.63. The molecule has 0 aromatic rings. The Morgan fingerprint density at radius 2 is 1.71 bits per heavy atom. The summed E-state index contributed by atoms with van der Waals surface area (Å²) in [5.41, 5.74) is 7.32. The summed E-state index contributed by atoms with van der Waals surface area (Å²) in [7, 11) is 0. The van der Waals surface area contributed by atoms with Crippen LogP contribution in [0.15, 0.2) is 0 Å². The summed E-state index contributed by atoms with van der Waals surface area (Å²) in [6, 6.07) is -0.833. The Hall–Kier alpha value is -1.70. The van der Waals surface area contributed by atoms with E-state index in [0.717, 1.165) is 0 Å². The predicted molar refractivity (Wildman–Crippen MR) is 49.1 cm³/mol. The highest BCUT2D eigenvalue weighted by Crippen LogP contribution is 2.03. The maximum Gasteiger partial charge on any atom is 0.309 e. The van der Waals surface area contributed by atoms with Gasteiger partial charge in [-0.05, 0) is 0 Å². The first-order valence-electron chi connectivity index (χ1n) is 3.33. The average molecular weight is 209 g/mol. The summed E-state index contributed by atoms with van der Waals surface area (Å²) < 4.78 is 0. The van der Waals surface area contributed by atoms with Gasteiger partial charge in [-0.15, -0.1) is 0 Å². The molecule has 0 bridgehead atoms. The first-order chi connectivity index (χ1) is 6.24. The standard InChI is InChI=1S/C4H9NO3.CH4N2O.CH2O/c1-4(2,3-6)5(7)8;2-1(3)4;1-2/h6H,3H2,1-2H3;(H4,2,3,4);1H2. The molecule has 0 spiro atoms. The van der Waals surface area contributed by atoms with Gasteiger partial charge in [-0.2, -0.15) is 0 Å². The van der Waals surface area contributed by atoms with Crippen LogP contribution in [0, 0.1) is 10.1 Å². The number of carbonyl (C=O) groups excluding carboxylic acids is 2. The van der Waals surface area contributed by atoms with Gasteiger partial charge in [-0.1, -0.05) is 0 Å². The third-order valence-electron chi connectivity index (χ3n) is 0.881. The maximum absolute atomic E-state index is 9.90. The van der Waals surface area contributed by atoms with Gasteiger partial charge in [0.2, 0.25) is 5.54 Å². The van der Waals surface area contributed by atoms with Crippen LogP contribution in [0.3, 0.4) is 0 Å². The Morgan fingerprint density at radius 3 is 1.71 bits per heavy atom. The highest BCUT2D eigenvalue weighted by atomic mass is 16.6. The molecule has 14 heavy (non-hydrogen) atoms. The Labute approximate surface area is 81.0 Å². The molecular weight excluding hydrogens is 194 g/mol. The van der Waals surface area contributed by atoms with E-state index in [0.29, 0.717) is 0 Å². The molecule has 84 valence electrons. The monoisotopic (exact) mass is 209 g/mol. The van der Waals surface area contributed by atoms with Crippen molar-refractivity contribution in [2.24, 2.45) is 11.5 Å². The van der Waals surface area contributed by atoms with Gasteiger partial charge in [-0.3, -0.25) is 10.1 Å². The summed E-state index contributed by atoms with van der Waals surface area (Å²) in [6.07, 6.45) is 0. The number of hydrogen-bond donors (Lipinski definition) is 3. The third kappa shape index (κ3) is 16.7. The van der Waals surface area contributed by atoms with Crippen molar-refractivity contribution < 1.29 is 19.6 Å². The van der Waals surface area contributed by atoms with Gasteiger partial charge >= 0.3 is 6.03 Å². The van der Waals surface area contributed by atoms with Crippen molar-refractivity contribution in [1.82, 2.24) is 0 Å². The Morgan fingerprint density at radius 1 is 1.50 bits per heavy atom. The number of urea groups is 1. The quantitative estimate of drug-likeness (QED) is 0.388. The lowest BCUT2D eigenvalue weighted by Crippen LogP contribution is -2.34. The highest BCUT2D eigenvalue weighted by molar-refractivity contribution is 5.69. The minimum Gasteiger partial charge on any atom is -0.389 e. The van der Waals surface area contributed by atoms with Crippen molar-refractivity contribution in [3.63, 3.8) is 0 Å². The number of hydrogen-bond acceptors (Lipinski definition) is 5. The topological polar surface area (TPSA) is 150 Å². The van der Waals surface area contributed by atoms with Gasteiger partial charge in [0.25, 0.3) is 0 Å². The van der Waals surface area contributed by atoms with E-state index < -0.39 is 23.1 Å². The zero-order valence-electron chi connectivity index (χ0n) is 8.10. The molecule has 0 saturated carbocycles. The van der Waals surface area contributed by atoms with Crippen LogP contribution in [0.25, 0.3) is 0 Å². The van der Waals surface area contributed by atoms with Crippen LogP contribution in [-0.4, -0.2) is 35.0 Å². The van der Waals surface area contributed by atoms with E-state index in [1.165, 1.54) is 13.8 Å². The lowest BCUT2D eigenvalue weighted by molar-refractivity contribution is -0.563. The van der Waals surface area contributed by atoms with E-state index >= 15 is 0 Å². The summed E-state index contributed by atoms with van der Waals surface area (Å²) in [5.74, 6) is 0. The van der Waals surface area contributed by atoms with Gasteiger partial charge in [0.05, 0.1) is 0 Å². The van der Waals surface area contributed by atoms with Crippen molar-refractivity contribution in [3.8, 4) is 0 Å². The smallest absolute Gasteiger partial charge is 0.309 e. The molecule has 0 radical (unpaired) electrons. The van der Waals surface area contributed by atoms with Crippen molar-refractivity contribution >= 4 is 12.8 Å². The van der Waals surface area contributed by atoms with Gasteiger partial charge < -0.3 is 21.4 Å². The Balaban J connectivity index is -0.000000170. The molecule has 0 aliphatic carbocycles. The third-order valence-corrected chi connectivity index (χ3v) is 0.881. The van der Waals surface area contributed by atoms with Crippen molar-refractivity contribution in [1.29, 1.82) is 0 Å². The summed E-state index contributed by atoms with van der Waals surface area (Å²) >= 11 is 0. The number of carbonyl (C=O) groups is 2. The van der Waals surface area contributed by atoms with Crippen LogP contribution in [-0.2, 0) is 4.79 Å². The number of nitro groups is 1. The average Bonchev–Trinajstić information content (AvgIpc) is 2.07.